The van der Waals surface area contributed by atoms with Gasteiger partial charge in [0.25, 0.3) is 0 Å². The Kier molecular flexibility index (Phi) is 3.87. The fraction of sp³-hybridized carbons (Fsp3) is 0.462. The Labute approximate surface area is 86.9 Å². The zero-order chi connectivity index (χ0) is 10.6. The maximum atomic E-state index is 4.32. The molecule has 0 aliphatic heterocycles. The monoisotopic (exact) mass is 189 g/mol. The lowest BCUT2D eigenvalue weighted by Crippen LogP contribution is -1.93. The Morgan fingerprint density at radius 2 is 1.86 bits per heavy atom. The zero-order valence-electron chi connectivity index (χ0n) is 9.59. The Balaban J connectivity index is 3.10. The third kappa shape index (κ3) is 2.44. The molecule has 0 aromatic carbocycles. The highest BCUT2D eigenvalue weighted by Gasteiger charge is 2.06. The summed E-state index contributed by atoms with van der Waals surface area (Å²) in [7, 11) is 0. The van der Waals surface area contributed by atoms with E-state index in [4.69, 9.17) is 0 Å². The molecule has 0 saturated carbocycles. The van der Waals surface area contributed by atoms with Gasteiger partial charge in [-0.15, -0.1) is 0 Å². The largest absolute Gasteiger partial charge is 0.293 e. The van der Waals surface area contributed by atoms with Gasteiger partial charge in [-0.3, -0.25) is 4.99 Å². The lowest BCUT2D eigenvalue weighted by atomic mass is 10.00. The summed E-state index contributed by atoms with van der Waals surface area (Å²) >= 11 is 0. The van der Waals surface area contributed by atoms with E-state index < -0.39 is 0 Å². The third-order valence-corrected chi connectivity index (χ3v) is 2.67. The summed E-state index contributed by atoms with van der Waals surface area (Å²) in [5.41, 5.74) is 5.36. The molecule has 1 heteroatoms. The van der Waals surface area contributed by atoms with Crippen molar-refractivity contribution in [3.05, 3.63) is 34.4 Å². The lowest BCUT2D eigenvalue weighted by molar-refractivity contribution is 1.14. The van der Waals surface area contributed by atoms with Crippen molar-refractivity contribution < 1.29 is 0 Å². The van der Waals surface area contributed by atoms with Gasteiger partial charge in [0.2, 0.25) is 0 Å². The van der Waals surface area contributed by atoms with Crippen molar-refractivity contribution >= 4 is 6.21 Å². The van der Waals surface area contributed by atoms with Gasteiger partial charge < -0.3 is 0 Å². The maximum absolute atomic E-state index is 4.32. The highest BCUT2D eigenvalue weighted by atomic mass is 14.7. The Bertz CT molecular complexity index is 327. The Hall–Kier alpha value is -1.11. The van der Waals surface area contributed by atoms with Crippen LogP contribution in [0.15, 0.2) is 39.4 Å². The van der Waals surface area contributed by atoms with E-state index in [1.807, 2.05) is 6.21 Å². The minimum absolute atomic E-state index is 0.854. The average molecular weight is 189 g/mol. The minimum Gasteiger partial charge on any atom is -0.293 e. The summed E-state index contributed by atoms with van der Waals surface area (Å²) in [6.45, 7) is 9.41. The number of hydrogen-bond acceptors (Lipinski definition) is 1. The summed E-state index contributed by atoms with van der Waals surface area (Å²) < 4.78 is 0. The second-order valence-electron chi connectivity index (χ2n) is 3.68. The molecule has 0 spiro atoms. The molecule has 0 amide bonds. The molecule has 0 N–H and O–H groups in total. The van der Waals surface area contributed by atoms with Gasteiger partial charge in [-0.05, 0) is 50.8 Å². The highest BCUT2D eigenvalue weighted by molar-refractivity contribution is 5.86. The van der Waals surface area contributed by atoms with Gasteiger partial charge in [-0.1, -0.05) is 17.7 Å². The van der Waals surface area contributed by atoms with E-state index in [1.165, 1.54) is 22.3 Å². The van der Waals surface area contributed by atoms with Crippen LogP contribution in [-0.4, -0.2) is 12.8 Å². The molecule has 1 aliphatic carbocycles. The SMILES string of the molecule is CCN=CC1=C(C)C(C)=CCC=C1C. The predicted octanol–water partition coefficient (Wildman–Crippen LogP) is 3.69. The number of aliphatic imine (C=N–C) groups is 1. The van der Waals surface area contributed by atoms with E-state index in [0.29, 0.717) is 0 Å². The Morgan fingerprint density at radius 3 is 2.50 bits per heavy atom. The number of allylic oxidation sites excluding steroid dienone is 6. The maximum Gasteiger partial charge on any atom is 0.0361 e. The first-order valence-electron chi connectivity index (χ1n) is 5.21. The van der Waals surface area contributed by atoms with Gasteiger partial charge in [0.05, 0.1) is 0 Å². The van der Waals surface area contributed by atoms with Gasteiger partial charge in [-0.25, -0.2) is 0 Å². The van der Waals surface area contributed by atoms with Crippen molar-refractivity contribution in [2.75, 3.05) is 6.54 Å². The molecular weight excluding hydrogens is 170 g/mol. The van der Waals surface area contributed by atoms with E-state index in [1.54, 1.807) is 0 Å². The van der Waals surface area contributed by atoms with Gasteiger partial charge in [0.1, 0.15) is 0 Å². The molecule has 1 rings (SSSR count). The topological polar surface area (TPSA) is 12.4 Å². The molecular formula is C13H19N. The molecule has 0 unspecified atom stereocenters. The molecule has 1 nitrogen and oxygen atoms in total. The molecule has 0 radical (unpaired) electrons. The summed E-state index contributed by atoms with van der Waals surface area (Å²) in [4.78, 5) is 4.32. The van der Waals surface area contributed by atoms with Crippen molar-refractivity contribution in [3.63, 3.8) is 0 Å². The van der Waals surface area contributed by atoms with Gasteiger partial charge in [0, 0.05) is 12.8 Å². The number of rotatable bonds is 2. The zero-order valence-corrected chi connectivity index (χ0v) is 9.59. The van der Waals surface area contributed by atoms with Crippen LogP contribution in [0.5, 0.6) is 0 Å². The first kappa shape index (κ1) is 11.0. The second kappa shape index (κ2) is 4.94. The lowest BCUT2D eigenvalue weighted by Gasteiger charge is -2.06. The summed E-state index contributed by atoms with van der Waals surface area (Å²) in [6, 6.07) is 0. The van der Waals surface area contributed by atoms with Crippen LogP contribution in [0.4, 0.5) is 0 Å². The minimum atomic E-state index is 0.854. The molecule has 0 aromatic rings. The van der Waals surface area contributed by atoms with Crippen LogP contribution in [0.3, 0.4) is 0 Å². The molecule has 0 heterocycles. The molecule has 0 bridgehead atoms. The molecule has 0 saturated heterocycles. The molecule has 0 atom stereocenters. The van der Waals surface area contributed by atoms with Crippen LogP contribution < -0.4 is 0 Å². The molecule has 0 fully saturated rings. The quantitative estimate of drug-likeness (QED) is 0.587. The van der Waals surface area contributed by atoms with E-state index in [0.717, 1.165) is 13.0 Å². The average Bonchev–Trinajstić information content (AvgIpc) is 2.27. The van der Waals surface area contributed by atoms with Crippen LogP contribution in [-0.2, 0) is 0 Å². The number of hydrogen-bond donors (Lipinski definition) is 0. The fourth-order valence-corrected chi connectivity index (χ4v) is 1.56. The van der Waals surface area contributed by atoms with E-state index in [9.17, 15) is 0 Å². The van der Waals surface area contributed by atoms with Crippen molar-refractivity contribution in [1.29, 1.82) is 0 Å². The molecule has 1 aliphatic rings. The third-order valence-electron chi connectivity index (χ3n) is 2.67. The van der Waals surface area contributed by atoms with E-state index >= 15 is 0 Å². The van der Waals surface area contributed by atoms with Crippen LogP contribution >= 0.6 is 0 Å². The molecule has 0 aromatic heterocycles. The molecule has 14 heavy (non-hydrogen) atoms. The van der Waals surface area contributed by atoms with Crippen molar-refractivity contribution in [3.8, 4) is 0 Å². The Morgan fingerprint density at radius 1 is 1.21 bits per heavy atom. The van der Waals surface area contributed by atoms with Crippen molar-refractivity contribution in [1.82, 2.24) is 0 Å². The summed E-state index contributed by atoms with van der Waals surface area (Å²) in [6.07, 6.45) is 7.57. The standard InChI is InChI=1S/C13H19N/c1-5-14-9-13-11(3)8-6-7-10(2)12(13)4/h7-9H,5-6H2,1-4H3. The van der Waals surface area contributed by atoms with Crippen LogP contribution in [0, 0.1) is 0 Å². The van der Waals surface area contributed by atoms with Gasteiger partial charge >= 0.3 is 0 Å². The normalized spacial score (nSPS) is 18.3. The van der Waals surface area contributed by atoms with Gasteiger partial charge in [-0.2, -0.15) is 0 Å². The van der Waals surface area contributed by atoms with E-state index in [2.05, 4.69) is 44.8 Å². The van der Waals surface area contributed by atoms with Gasteiger partial charge in [0.15, 0.2) is 0 Å². The van der Waals surface area contributed by atoms with E-state index in [-0.39, 0.29) is 0 Å². The second-order valence-corrected chi connectivity index (χ2v) is 3.68. The first-order chi connectivity index (χ1) is 6.66. The predicted molar refractivity (Wildman–Crippen MR) is 63.9 cm³/mol. The van der Waals surface area contributed by atoms with Crippen LogP contribution in [0.2, 0.25) is 0 Å². The first-order valence-corrected chi connectivity index (χ1v) is 5.21. The summed E-state index contributed by atoms with van der Waals surface area (Å²) in [5, 5.41) is 0. The smallest absolute Gasteiger partial charge is 0.0361 e. The number of nitrogens with zero attached hydrogens (tertiary/aromatic N) is 1. The molecule has 76 valence electrons. The summed E-state index contributed by atoms with van der Waals surface area (Å²) in [5.74, 6) is 0. The highest BCUT2D eigenvalue weighted by Crippen LogP contribution is 2.23. The van der Waals surface area contributed by atoms with Crippen LogP contribution in [0.1, 0.15) is 34.1 Å². The van der Waals surface area contributed by atoms with Crippen molar-refractivity contribution in [2.45, 2.75) is 34.1 Å². The fourth-order valence-electron chi connectivity index (χ4n) is 1.56. The van der Waals surface area contributed by atoms with Crippen molar-refractivity contribution in [2.24, 2.45) is 4.99 Å². The van der Waals surface area contributed by atoms with Crippen LogP contribution in [0.25, 0.3) is 0 Å².